The Kier molecular flexibility index (Phi) is 1.28. The van der Waals surface area contributed by atoms with Crippen molar-refractivity contribution in [2.24, 2.45) is 5.92 Å². The van der Waals surface area contributed by atoms with Crippen LogP contribution in [0.4, 0.5) is 0 Å². The van der Waals surface area contributed by atoms with E-state index < -0.39 is 0 Å². The lowest BCUT2D eigenvalue weighted by atomic mass is 9.86. The molecular formula is C5H7OSi. The van der Waals surface area contributed by atoms with Crippen molar-refractivity contribution < 1.29 is 4.79 Å². The van der Waals surface area contributed by atoms with Crippen molar-refractivity contribution in [3.05, 3.63) is 0 Å². The van der Waals surface area contributed by atoms with Gasteiger partial charge < -0.3 is 0 Å². The molecule has 1 aliphatic rings. The van der Waals surface area contributed by atoms with Crippen LogP contribution in [-0.4, -0.2) is 16.0 Å². The lowest BCUT2D eigenvalue weighted by molar-refractivity contribution is -0.126. The molecule has 2 heteroatoms. The van der Waals surface area contributed by atoms with Crippen molar-refractivity contribution in [1.29, 1.82) is 0 Å². The van der Waals surface area contributed by atoms with Gasteiger partial charge in [-0.2, -0.15) is 0 Å². The summed E-state index contributed by atoms with van der Waals surface area (Å²) in [5.74, 6) is 1.08. The lowest BCUT2D eigenvalue weighted by Gasteiger charge is -2.21. The molecule has 0 aromatic heterocycles. The van der Waals surface area contributed by atoms with Gasteiger partial charge in [0.1, 0.15) is 5.78 Å². The first-order chi connectivity index (χ1) is 3.33. The summed E-state index contributed by atoms with van der Waals surface area (Å²) in [5.41, 5.74) is 0. The highest BCUT2D eigenvalue weighted by molar-refractivity contribution is 6.09. The molecule has 37 valence electrons. The predicted molar refractivity (Wildman–Crippen MR) is 28.3 cm³/mol. The van der Waals surface area contributed by atoms with Crippen LogP contribution in [0, 0.1) is 5.92 Å². The molecule has 0 saturated heterocycles. The van der Waals surface area contributed by atoms with E-state index in [9.17, 15) is 4.79 Å². The minimum Gasteiger partial charge on any atom is -0.300 e. The van der Waals surface area contributed by atoms with Crippen LogP contribution >= 0.6 is 0 Å². The molecule has 0 atom stereocenters. The maximum atomic E-state index is 10.2. The summed E-state index contributed by atoms with van der Waals surface area (Å²) in [6.07, 6.45) is 1.62. The predicted octanol–water partition coefficient (Wildman–Crippen LogP) is 0.552. The molecule has 0 N–H and O–H groups in total. The largest absolute Gasteiger partial charge is 0.300 e. The molecule has 0 amide bonds. The molecule has 7 heavy (non-hydrogen) atoms. The van der Waals surface area contributed by atoms with Crippen LogP contribution in [0.1, 0.15) is 12.8 Å². The van der Waals surface area contributed by atoms with Crippen LogP contribution in [-0.2, 0) is 4.79 Å². The van der Waals surface area contributed by atoms with Gasteiger partial charge in [-0.05, 0) is 5.92 Å². The molecule has 0 bridgehead atoms. The Morgan fingerprint density at radius 1 is 1.71 bits per heavy atom. The third-order valence-corrected chi connectivity index (χ3v) is 1.90. The van der Waals surface area contributed by atoms with Gasteiger partial charge >= 0.3 is 0 Å². The van der Waals surface area contributed by atoms with Crippen LogP contribution in [0.15, 0.2) is 0 Å². The molecule has 1 saturated carbocycles. The summed E-state index contributed by atoms with van der Waals surface area (Å²) in [4.78, 5) is 10.2. The van der Waals surface area contributed by atoms with Gasteiger partial charge in [-0.15, -0.1) is 0 Å². The van der Waals surface area contributed by atoms with Gasteiger partial charge in [-0.1, -0.05) is 6.04 Å². The fraction of sp³-hybridized carbons (Fsp3) is 0.800. The molecule has 0 aliphatic heterocycles. The first-order valence-electron chi connectivity index (χ1n) is 2.49. The zero-order valence-corrected chi connectivity index (χ0v) is 5.11. The standard InChI is InChI=1S/C5H7OSi/c6-5-1-4(2-5)3-7/h4H,1-3H2. The molecular weight excluding hydrogens is 104 g/mol. The molecule has 0 aromatic rings. The highest BCUT2D eigenvalue weighted by Gasteiger charge is 2.23. The SMILES string of the molecule is O=C1CC(C[Si])C1. The van der Waals surface area contributed by atoms with Crippen molar-refractivity contribution in [1.82, 2.24) is 0 Å². The first kappa shape index (κ1) is 5.03. The van der Waals surface area contributed by atoms with Crippen LogP contribution in [0.5, 0.6) is 0 Å². The Morgan fingerprint density at radius 2 is 2.29 bits per heavy atom. The molecule has 1 fully saturated rings. The second kappa shape index (κ2) is 1.78. The molecule has 3 radical (unpaired) electrons. The topological polar surface area (TPSA) is 17.1 Å². The summed E-state index contributed by atoms with van der Waals surface area (Å²) in [7, 11) is 3.34. The van der Waals surface area contributed by atoms with Crippen molar-refractivity contribution in [3.8, 4) is 0 Å². The fourth-order valence-corrected chi connectivity index (χ4v) is 1.02. The molecule has 1 rings (SSSR count). The van der Waals surface area contributed by atoms with Crippen LogP contribution in [0.3, 0.4) is 0 Å². The Labute approximate surface area is 46.5 Å². The quantitative estimate of drug-likeness (QED) is 0.452. The average molecular weight is 111 g/mol. The Bertz CT molecular complexity index is 82.1. The van der Waals surface area contributed by atoms with E-state index in [4.69, 9.17) is 0 Å². The fourth-order valence-electron chi connectivity index (χ4n) is 0.729. The molecule has 1 aliphatic carbocycles. The van der Waals surface area contributed by atoms with Gasteiger partial charge in [0.05, 0.1) is 0 Å². The van der Waals surface area contributed by atoms with E-state index in [0.717, 1.165) is 18.9 Å². The average Bonchev–Trinajstić information content (AvgIpc) is 1.58. The number of carbonyl (C=O) groups is 1. The van der Waals surface area contributed by atoms with Crippen LogP contribution < -0.4 is 0 Å². The molecule has 0 aromatic carbocycles. The van der Waals surface area contributed by atoms with E-state index in [1.54, 1.807) is 0 Å². The number of ketones is 1. The molecule has 0 spiro atoms. The summed E-state index contributed by atoms with van der Waals surface area (Å²) < 4.78 is 0. The van der Waals surface area contributed by atoms with Crippen molar-refractivity contribution in [2.75, 3.05) is 0 Å². The normalized spacial score (nSPS) is 22.1. The van der Waals surface area contributed by atoms with E-state index in [2.05, 4.69) is 10.2 Å². The number of hydrogen-bond acceptors (Lipinski definition) is 1. The third kappa shape index (κ3) is 0.910. The number of rotatable bonds is 1. The van der Waals surface area contributed by atoms with Crippen molar-refractivity contribution in [3.63, 3.8) is 0 Å². The third-order valence-electron chi connectivity index (χ3n) is 1.32. The van der Waals surface area contributed by atoms with Crippen LogP contribution in [0.25, 0.3) is 0 Å². The van der Waals surface area contributed by atoms with Gasteiger partial charge in [0, 0.05) is 23.1 Å². The Morgan fingerprint density at radius 3 is 2.43 bits per heavy atom. The first-order valence-corrected chi connectivity index (χ1v) is 3.20. The molecule has 0 heterocycles. The maximum Gasteiger partial charge on any atom is 0.133 e. The zero-order valence-electron chi connectivity index (χ0n) is 4.11. The van der Waals surface area contributed by atoms with Gasteiger partial charge in [0.15, 0.2) is 0 Å². The summed E-state index contributed by atoms with van der Waals surface area (Å²) in [6.45, 7) is 0. The van der Waals surface area contributed by atoms with Crippen LogP contribution in [0.2, 0.25) is 6.04 Å². The van der Waals surface area contributed by atoms with Crippen molar-refractivity contribution >= 4 is 16.0 Å². The van der Waals surface area contributed by atoms with E-state index in [-0.39, 0.29) is 0 Å². The number of hydrogen-bond donors (Lipinski definition) is 0. The maximum absolute atomic E-state index is 10.2. The van der Waals surface area contributed by atoms with E-state index in [0.29, 0.717) is 11.7 Å². The summed E-state index contributed by atoms with van der Waals surface area (Å²) in [6, 6.07) is 0.992. The highest BCUT2D eigenvalue weighted by Crippen LogP contribution is 2.24. The second-order valence-electron chi connectivity index (χ2n) is 2.02. The van der Waals surface area contributed by atoms with Gasteiger partial charge in [0.2, 0.25) is 0 Å². The minimum atomic E-state index is 0.420. The monoisotopic (exact) mass is 111 g/mol. The smallest absolute Gasteiger partial charge is 0.133 e. The second-order valence-corrected chi connectivity index (χ2v) is 2.43. The highest BCUT2D eigenvalue weighted by atomic mass is 28.1. The lowest BCUT2D eigenvalue weighted by Crippen LogP contribution is -2.22. The summed E-state index contributed by atoms with van der Waals surface area (Å²) in [5, 5.41) is 0. The van der Waals surface area contributed by atoms with E-state index in [1.165, 1.54) is 0 Å². The minimum absolute atomic E-state index is 0.420. The Hall–Kier alpha value is -0.113. The van der Waals surface area contributed by atoms with E-state index in [1.807, 2.05) is 0 Å². The van der Waals surface area contributed by atoms with Gasteiger partial charge in [0.25, 0.3) is 0 Å². The van der Waals surface area contributed by atoms with E-state index >= 15 is 0 Å². The molecule has 1 nitrogen and oxygen atoms in total. The van der Waals surface area contributed by atoms with Gasteiger partial charge in [-0.3, -0.25) is 4.79 Å². The zero-order chi connectivity index (χ0) is 5.28. The molecule has 0 unspecified atom stereocenters. The summed E-state index contributed by atoms with van der Waals surface area (Å²) >= 11 is 0. The number of carbonyl (C=O) groups excluding carboxylic acids is 1. The van der Waals surface area contributed by atoms with Gasteiger partial charge in [-0.25, -0.2) is 0 Å². The number of Topliss-reactive ketones (excluding diaryl/α,β-unsaturated/α-hetero) is 1. The van der Waals surface area contributed by atoms with Crippen molar-refractivity contribution in [2.45, 2.75) is 18.9 Å². The Balaban J connectivity index is 2.17.